The van der Waals surface area contributed by atoms with E-state index in [9.17, 15) is 4.39 Å². The van der Waals surface area contributed by atoms with Crippen molar-refractivity contribution >= 4 is 31.9 Å². The van der Waals surface area contributed by atoms with Gasteiger partial charge in [-0.15, -0.1) is 0 Å². The predicted molar refractivity (Wildman–Crippen MR) is 86.2 cm³/mol. The van der Waals surface area contributed by atoms with Gasteiger partial charge in [0.05, 0.1) is 11.7 Å². The molecule has 2 nitrogen and oxygen atoms in total. The number of rotatable bonds is 5. The summed E-state index contributed by atoms with van der Waals surface area (Å²) in [4.78, 5) is 4.40. The summed E-state index contributed by atoms with van der Waals surface area (Å²) in [5, 5.41) is 3.35. The molecule has 0 radical (unpaired) electrons. The van der Waals surface area contributed by atoms with Crippen molar-refractivity contribution in [2.24, 2.45) is 0 Å². The molecule has 1 aromatic carbocycles. The van der Waals surface area contributed by atoms with Crippen LogP contribution in [0.3, 0.4) is 0 Å². The minimum absolute atomic E-state index is 0.00287. The summed E-state index contributed by atoms with van der Waals surface area (Å²) >= 11 is 6.75. The van der Waals surface area contributed by atoms with Crippen LogP contribution in [-0.4, -0.2) is 11.5 Å². The van der Waals surface area contributed by atoms with E-state index in [1.165, 1.54) is 6.07 Å². The molecule has 1 unspecified atom stereocenters. The van der Waals surface area contributed by atoms with Crippen LogP contribution in [0.25, 0.3) is 0 Å². The molecule has 0 bridgehead atoms. The molecule has 1 aromatic heterocycles. The average Bonchev–Trinajstić information content (AvgIpc) is 2.43. The Balaban J connectivity index is 2.25. The lowest BCUT2D eigenvalue weighted by Crippen LogP contribution is -2.24. The van der Waals surface area contributed by atoms with E-state index < -0.39 is 0 Å². The molecule has 0 aliphatic rings. The molecule has 0 amide bonds. The van der Waals surface area contributed by atoms with Gasteiger partial charge < -0.3 is 5.32 Å². The van der Waals surface area contributed by atoms with Crippen LogP contribution in [0, 0.1) is 5.82 Å². The average molecular weight is 402 g/mol. The lowest BCUT2D eigenvalue weighted by molar-refractivity contribution is 0.517. The van der Waals surface area contributed by atoms with Crippen molar-refractivity contribution < 1.29 is 4.39 Å². The number of halogens is 3. The topological polar surface area (TPSA) is 24.9 Å². The summed E-state index contributed by atoms with van der Waals surface area (Å²) in [7, 11) is 0. The van der Waals surface area contributed by atoms with Crippen molar-refractivity contribution in [1.82, 2.24) is 10.3 Å². The van der Waals surface area contributed by atoms with Crippen molar-refractivity contribution in [2.75, 3.05) is 6.54 Å². The molecule has 20 heavy (non-hydrogen) atoms. The second-order valence-electron chi connectivity index (χ2n) is 4.45. The van der Waals surface area contributed by atoms with Gasteiger partial charge in [-0.1, -0.05) is 22.9 Å². The molecule has 1 N–H and O–H groups in total. The standard InChI is InChI=1S/C15H15Br2FN2/c1-2-19-15(14-6-4-12(17)9-20-14)8-10-7-11(16)3-5-13(10)18/h3-7,9,15,19H,2,8H2,1H3. The zero-order valence-electron chi connectivity index (χ0n) is 11.0. The third-order valence-electron chi connectivity index (χ3n) is 2.99. The number of benzene rings is 1. The number of likely N-dealkylation sites (N-methyl/N-ethyl adjacent to an activating group) is 1. The van der Waals surface area contributed by atoms with E-state index in [0.29, 0.717) is 12.0 Å². The maximum Gasteiger partial charge on any atom is 0.126 e. The van der Waals surface area contributed by atoms with Crippen molar-refractivity contribution in [3.8, 4) is 0 Å². The van der Waals surface area contributed by atoms with Gasteiger partial charge in [0.15, 0.2) is 0 Å². The molecule has 2 aromatic rings. The van der Waals surface area contributed by atoms with E-state index >= 15 is 0 Å². The Bertz CT molecular complexity index is 573. The second kappa shape index (κ2) is 7.29. The highest BCUT2D eigenvalue weighted by atomic mass is 79.9. The zero-order chi connectivity index (χ0) is 14.5. The zero-order valence-corrected chi connectivity index (χ0v) is 14.2. The first kappa shape index (κ1) is 15.6. The van der Waals surface area contributed by atoms with Crippen LogP contribution in [0.5, 0.6) is 0 Å². The maximum absolute atomic E-state index is 13.9. The van der Waals surface area contributed by atoms with Gasteiger partial charge in [-0.05, 0) is 64.8 Å². The lowest BCUT2D eigenvalue weighted by Gasteiger charge is -2.18. The fourth-order valence-corrected chi connectivity index (χ4v) is 2.68. The van der Waals surface area contributed by atoms with Gasteiger partial charge in [0.25, 0.3) is 0 Å². The second-order valence-corrected chi connectivity index (χ2v) is 6.28. The van der Waals surface area contributed by atoms with Gasteiger partial charge in [0.2, 0.25) is 0 Å². The van der Waals surface area contributed by atoms with E-state index in [0.717, 1.165) is 21.2 Å². The van der Waals surface area contributed by atoms with Gasteiger partial charge >= 0.3 is 0 Å². The molecule has 106 valence electrons. The molecule has 0 spiro atoms. The van der Waals surface area contributed by atoms with Crippen molar-refractivity contribution in [1.29, 1.82) is 0 Å². The molecule has 0 fully saturated rings. The van der Waals surface area contributed by atoms with Crippen LogP contribution < -0.4 is 5.32 Å². The number of nitrogens with zero attached hydrogens (tertiary/aromatic N) is 1. The van der Waals surface area contributed by atoms with E-state index in [4.69, 9.17) is 0 Å². The first-order chi connectivity index (χ1) is 9.60. The highest BCUT2D eigenvalue weighted by molar-refractivity contribution is 9.10. The van der Waals surface area contributed by atoms with Gasteiger partial charge in [0.1, 0.15) is 5.82 Å². The van der Waals surface area contributed by atoms with E-state index in [1.807, 2.05) is 25.1 Å². The van der Waals surface area contributed by atoms with E-state index in [2.05, 4.69) is 42.2 Å². The first-order valence-corrected chi connectivity index (χ1v) is 7.97. The molecule has 2 rings (SSSR count). The van der Waals surface area contributed by atoms with E-state index in [1.54, 1.807) is 12.3 Å². The Morgan fingerprint density at radius 2 is 1.95 bits per heavy atom. The summed E-state index contributed by atoms with van der Waals surface area (Å²) in [5.74, 6) is -0.187. The first-order valence-electron chi connectivity index (χ1n) is 6.39. The smallest absolute Gasteiger partial charge is 0.126 e. The van der Waals surface area contributed by atoms with Gasteiger partial charge in [-0.2, -0.15) is 0 Å². The summed E-state index contributed by atoms with van der Waals surface area (Å²) in [6, 6.07) is 8.91. The Morgan fingerprint density at radius 1 is 1.20 bits per heavy atom. The minimum Gasteiger partial charge on any atom is -0.309 e. The third-order valence-corrected chi connectivity index (χ3v) is 3.95. The summed E-state index contributed by atoms with van der Waals surface area (Å²) in [6.45, 7) is 2.83. The van der Waals surface area contributed by atoms with Crippen LogP contribution in [0.1, 0.15) is 24.2 Å². The molecule has 1 heterocycles. The number of hydrogen-bond donors (Lipinski definition) is 1. The van der Waals surface area contributed by atoms with Crippen LogP contribution in [-0.2, 0) is 6.42 Å². The Kier molecular flexibility index (Phi) is 5.69. The monoisotopic (exact) mass is 400 g/mol. The van der Waals surface area contributed by atoms with E-state index in [-0.39, 0.29) is 11.9 Å². The maximum atomic E-state index is 13.9. The summed E-state index contributed by atoms with van der Waals surface area (Å²) < 4.78 is 15.7. The van der Waals surface area contributed by atoms with Gasteiger partial charge in [0, 0.05) is 15.1 Å². The van der Waals surface area contributed by atoms with Crippen molar-refractivity contribution in [3.05, 3.63) is 62.5 Å². The molecular weight excluding hydrogens is 387 g/mol. The van der Waals surface area contributed by atoms with Crippen LogP contribution in [0.15, 0.2) is 45.5 Å². The quantitative estimate of drug-likeness (QED) is 0.789. The molecule has 0 saturated carbocycles. The van der Waals surface area contributed by atoms with Crippen LogP contribution >= 0.6 is 31.9 Å². The molecule has 5 heteroatoms. The highest BCUT2D eigenvalue weighted by Gasteiger charge is 2.15. The highest BCUT2D eigenvalue weighted by Crippen LogP contribution is 2.22. The summed E-state index contributed by atoms with van der Waals surface area (Å²) in [6.07, 6.45) is 2.32. The normalized spacial score (nSPS) is 12.4. The Hall–Kier alpha value is -0.780. The number of hydrogen-bond acceptors (Lipinski definition) is 2. The van der Waals surface area contributed by atoms with Gasteiger partial charge in [-0.25, -0.2) is 4.39 Å². The summed E-state index contributed by atoms with van der Waals surface area (Å²) in [5.41, 5.74) is 1.59. The molecule has 0 aliphatic carbocycles. The minimum atomic E-state index is -0.187. The Labute approximate surface area is 135 Å². The van der Waals surface area contributed by atoms with Gasteiger partial charge in [-0.3, -0.25) is 4.98 Å². The largest absolute Gasteiger partial charge is 0.309 e. The number of pyridine rings is 1. The van der Waals surface area contributed by atoms with Crippen molar-refractivity contribution in [3.63, 3.8) is 0 Å². The van der Waals surface area contributed by atoms with Crippen molar-refractivity contribution in [2.45, 2.75) is 19.4 Å². The Morgan fingerprint density at radius 3 is 2.60 bits per heavy atom. The third kappa shape index (κ3) is 4.11. The fourth-order valence-electron chi connectivity index (χ4n) is 2.04. The number of nitrogens with one attached hydrogen (secondary N) is 1. The SMILES string of the molecule is CCNC(Cc1cc(Br)ccc1F)c1ccc(Br)cn1. The molecule has 0 saturated heterocycles. The van der Waals surface area contributed by atoms with Crippen LogP contribution in [0.2, 0.25) is 0 Å². The van der Waals surface area contributed by atoms with Crippen LogP contribution in [0.4, 0.5) is 4.39 Å². The molecular formula is C15H15Br2FN2. The number of aromatic nitrogens is 1. The fraction of sp³-hybridized carbons (Fsp3) is 0.267. The molecule has 1 atom stereocenters. The predicted octanol–water partition coefficient (Wildman–Crippen LogP) is 4.64. The lowest BCUT2D eigenvalue weighted by atomic mass is 10.0. The molecule has 0 aliphatic heterocycles.